The molecule has 250 valence electrons. The lowest BCUT2D eigenvalue weighted by atomic mass is 9.98. The van der Waals surface area contributed by atoms with Gasteiger partial charge in [0.15, 0.2) is 5.82 Å². The smallest absolute Gasteiger partial charge is 0.293 e. The fourth-order valence-electron chi connectivity index (χ4n) is 7.61. The van der Waals surface area contributed by atoms with Crippen LogP contribution in [0.4, 0.5) is 27.3 Å². The van der Waals surface area contributed by atoms with Gasteiger partial charge in [-0.3, -0.25) is 14.5 Å². The van der Waals surface area contributed by atoms with Gasteiger partial charge in [0.25, 0.3) is 11.5 Å². The molecule has 12 heteroatoms. The van der Waals surface area contributed by atoms with Gasteiger partial charge >= 0.3 is 0 Å². The van der Waals surface area contributed by atoms with E-state index in [1.165, 1.54) is 34.2 Å². The number of aryl methyl sites for hydroxylation is 2. The third-order valence-electron chi connectivity index (χ3n) is 10.4. The van der Waals surface area contributed by atoms with Gasteiger partial charge in [0.05, 0.1) is 37.2 Å². The molecule has 0 unspecified atom stereocenters. The molecule has 8 rings (SSSR count). The minimum absolute atomic E-state index is 0.0752. The maximum atomic E-state index is 15.3. The highest BCUT2D eigenvalue weighted by Crippen LogP contribution is 2.36. The number of ether oxygens (including phenoxy) is 1. The van der Waals surface area contributed by atoms with Crippen LogP contribution in [0.5, 0.6) is 0 Å². The van der Waals surface area contributed by atoms with Crippen LogP contribution < -0.4 is 20.7 Å². The summed E-state index contributed by atoms with van der Waals surface area (Å²) in [7, 11) is 1.61. The zero-order valence-corrected chi connectivity index (χ0v) is 27.1. The van der Waals surface area contributed by atoms with Crippen LogP contribution in [0.25, 0.3) is 11.3 Å². The van der Waals surface area contributed by atoms with Crippen molar-refractivity contribution in [2.75, 3.05) is 61.1 Å². The van der Waals surface area contributed by atoms with Gasteiger partial charge in [-0.25, -0.2) is 9.37 Å². The zero-order valence-electron chi connectivity index (χ0n) is 27.1. The van der Waals surface area contributed by atoms with Crippen LogP contribution in [0.3, 0.4) is 0 Å². The Morgan fingerprint density at radius 1 is 0.979 bits per heavy atom. The van der Waals surface area contributed by atoms with Gasteiger partial charge in [-0.15, -0.1) is 0 Å². The van der Waals surface area contributed by atoms with Gasteiger partial charge in [-0.1, -0.05) is 0 Å². The van der Waals surface area contributed by atoms with Crippen LogP contribution in [0, 0.1) is 5.82 Å². The lowest BCUT2D eigenvalue weighted by Crippen LogP contribution is -2.56. The molecule has 5 heterocycles. The molecule has 2 aromatic carbocycles. The number of carbonyl (C=O) groups excluding carboxylic acids is 1. The number of hydrogen-bond acceptors (Lipinski definition) is 8. The molecule has 1 amide bonds. The van der Waals surface area contributed by atoms with E-state index in [9.17, 15) is 14.7 Å². The standard InChI is InChI=1S/C36H40FN7O4/c1-40-19-30(39-34(36(40)47)38-25-6-8-26(9-7-25)41-10-12-42(13-11-41)27-21-48-22-27)28-17-24(37)18-32(29(28)20-45)44-15-14-43-31-5-3-2-4-23(31)16-33(43)35(44)46/h6-9,16-19,27,45H,2-5,10-15,20-22H2,1H3,(H,38,39). The van der Waals surface area contributed by atoms with Crippen molar-refractivity contribution in [3.8, 4) is 11.3 Å². The van der Waals surface area contributed by atoms with Crippen molar-refractivity contribution in [1.82, 2.24) is 19.0 Å². The third kappa shape index (κ3) is 5.47. The summed E-state index contributed by atoms with van der Waals surface area (Å²) in [6, 6.07) is 13.0. The average Bonchev–Trinajstić information content (AvgIpc) is 3.46. The van der Waals surface area contributed by atoms with Crippen LogP contribution in [-0.2, 0) is 37.8 Å². The van der Waals surface area contributed by atoms with E-state index in [0.29, 0.717) is 53.0 Å². The second-order valence-electron chi connectivity index (χ2n) is 13.2. The summed E-state index contributed by atoms with van der Waals surface area (Å²) in [5, 5.41) is 13.8. The fraction of sp³-hybridized carbons (Fsp3) is 0.417. The van der Waals surface area contributed by atoms with E-state index >= 15 is 4.39 Å². The largest absolute Gasteiger partial charge is 0.392 e. The predicted molar refractivity (Wildman–Crippen MR) is 182 cm³/mol. The van der Waals surface area contributed by atoms with Crippen molar-refractivity contribution in [3.63, 3.8) is 0 Å². The Labute approximate surface area is 278 Å². The number of hydrogen-bond donors (Lipinski definition) is 2. The first kappa shape index (κ1) is 30.8. The van der Waals surface area contributed by atoms with Gasteiger partial charge in [0.1, 0.15) is 11.5 Å². The fourth-order valence-corrected chi connectivity index (χ4v) is 7.61. The minimum atomic E-state index is -0.562. The molecule has 2 saturated heterocycles. The predicted octanol–water partition coefficient (Wildman–Crippen LogP) is 3.68. The van der Waals surface area contributed by atoms with Crippen LogP contribution in [0.1, 0.15) is 40.2 Å². The summed E-state index contributed by atoms with van der Waals surface area (Å²) in [4.78, 5) is 38.1. The van der Waals surface area contributed by atoms with Gasteiger partial charge < -0.3 is 34.1 Å². The molecule has 0 spiro atoms. The van der Waals surface area contributed by atoms with Crippen LogP contribution >= 0.6 is 0 Å². The molecule has 2 N–H and O–H groups in total. The van der Waals surface area contributed by atoms with Crippen LogP contribution in [-0.4, -0.2) is 82.0 Å². The number of carbonyl (C=O) groups is 1. The van der Waals surface area contributed by atoms with E-state index in [2.05, 4.69) is 24.7 Å². The van der Waals surface area contributed by atoms with E-state index in [1.807, 2.05) is 30.3 Å². The van der Waals surface area contributed by atoms with Crippen molar-refractivity contribution < 1.29 is 19.0 Å². The van der Waals surface area contributed by atoms with Crippen molar-refractivity contribution in [2.24, 2.45) is 7.05 Å². The molecule has 2 aromatic heterocycles. The Balaban J connectivity index is 1.06. The number of anilines is 4. The lowest BCUT2D eigenvalue weighted by Gasteiger charge is -2.43. The van der Waals surface area contributed by atoms with Gasteiger partial charge in [-0.05, 0) is 73.7 Å². The van der Waals surface area contributed by atoms with E-state index in [1.54, 1.807) is 11.9 Å². The summed E-state index contributed by atoms with van der Waals surface area (Å²) < 4.78 is 24.2. The first-order valence-electron chi connectivity index (χ1n) is 16.9. The first-order chi connectivity index (χ1) is 23.4. The molecule has 4 aromatic rings. The average molecular weight is 654 g/mol. The van der Waals surface area contributed by atoms with Crippen LogP contribution in [0.15, 0.2) is 53.5 Å². The van der Waals surface area contributed by atoms with Crippen molar-refractivity contribution >= 4 is 28.8 Å². The molecule has 4 aliphatic rings. The number of piperazine rings is 1. The number of amides is 1. The Kier molecular flexibility index (Phi) is 8.02. The Morgan fingerprint density at radius 2 is 1.75 bits per heavy atom. The summed E-state index contributed by atoms with van der Waals surface area (Å²) in [6.45, 7) is 6.05. The molecule has 0 atom stereocenters. The number of nitrogens with one attached hydrogen (secondary N) is 1. The molecular formula is C36H40FN7O4. The van der Waals surface area contributed by atoms with Crippen LogP contribution in [0.2, 0.25) is 0 Å². The topological polar surface area (TPSA) is 108 Å². The van der Waals surface area contributed by atoms with Crippen molar-refractivity contribution in [3.05, 3.63) is 87.3 Å². The van der Waals surface area contributed by atoms with E-state index < -0.39 is 12.4 Å². The summed E-state index contributed by atoms with van der Waals surface area (Å²) in [5.41, 5.74) is 5.82. The Morgan fingerprint density at radius 3 is 2.48 bits per heavy atom. The highest BCUT2D eigenvalue weighted by Gasteiger charge is 2.33. The molecular weight excluding hydrogens is 613 g/mol. The highest BCUT2D eigenvalue weighted by atomic mass is 19.1. The number of aliphatic hydroxyl groups excluding tert-OH is 1. The number of halogens is 1. The van der Waals surface area contributed by atoms with Gasteiger partial charge in [-0.2, -0.15) is 0 Å². The van der Waals surface area contributed by atoms with Gasteiger partial charge in [0.2, 0.25) is 0 Å². The molecule has 11 nitrogen and oxygen atoms in total. The van der Waals surface area contributed by atoms with E-state index in [4.69, 9.17) is 4.74 Å². The Bertz CT molecular complexity index is 1930. The van der Waals surface area contributed by atoms with Crippen molar-refractivity contribution in [2.45, 2.75) is 44.9 Å². The second kappa shape index (κ2) is 12.5. The number of fused-ring (bicyclic) bond motifs is 3. The molecule has 2 fully saturated rings. The molecule has 0 saturated carbocycles. The summed E-state index contributed by atoms with van der Waals surface area (Å²) >= 11 is 0. The number of aromatic nitrogens is 3. The minimum Gasteiger partial charge on any atom is -0.392 e. The molecule has 48 heavy (non-hydrogen) atoms. The highest BCUT2D eigenvalue weighted by molar-refractivity contribution is 6.07. The van der Waals surface area contributed by atoms with E-state index in [-0.39, 0.29) is 17.3 Å². The maximum absolute atomic E-state index is 15.3. The lowest BCUT2D eigenvalue weighted by molar-refractivity contribution is -0.0660. The quantitative estimate of drug-likeness (QED) is 0.311. The maximum Gasteiger partial charge on any atom is 0.293 e. The van der Waals surface area contributed by atoms with Gasteiger partial charge in [0, 0.05) is 80.7 Å². The summed E-state index contributed by atoms with van der Waals surface area (Å²) in [6.07, 6.45) is 5.67. The second-order valence-corrected chi connectivity index (χ2v) is 13.2. The zero-order chi connectivity index (χ0) is 32.9. The number of nitrogens with zero attached hydrogens (tertiary/aromatic N) is 6. The number of aliphatic hydroxyl groups is 1. The monoisotopic (exact) mass is 653 g/mol. The SMILES string of the molecule is Cn1cc(-c2cc(F)cc(N3CCn4c(cc5c4CCCC5)C3=O)c2CO)nc(Nc2ccc(N3CCN(C4COC4)CC3)cc2)c1=O. The van der Waals surface area contributed by atoms with Crippen molar-refractivity contribution in [1.29, 1.82) is 0 Å². The molecule has 0 bridgehead atoms. The summed E-state index contributed by atoms with van der Waals surface area (Å²) in [5.74, 6) is -0.699. The number of rotatable bonds is 7. The molecule has 3 aliphatic heterocycles. The van der Waals surface area contributed by atoms with E-state index in [0.717, 1.165) is 70.8 Å². The third-order valence-corrected chi connectivity index (χ3v) is 10.4. The Hall–Kier alpha value is -4.52. The molecule has 0 radical (unpaired) electrons. The molecule has 1 aliphatic carbocycles. The number of benzene rings is 2. The first-order valence-corrected chi connectivity index (χ1v) is 16.9. The normalized spacial score (nSPS) is 18.4.